The molecule has 0 N–H and O–H groups in total. The van der Waals surface area contributed by atoms with E-state index in [1.54, 1.807) is 12.1 Å². The molecule has 0 spiro atoms. The van der Waals surface area contributed by atoms with Gasteiger partial charge >= 0.3 is 6.18 Å². The first-order valence-corrected chi connectivity index (χ1v) is 12.3. The molecule has 0 radical (unpaired) electrons. The fraction of sp³-hybridized carbons (Fsp3) is 0.643. The summed E-state index contributed by atoms with van der Waals surface area (Å²) in [7, 11) is 0. The standard InChI is InChI=1S/C28H37F3/c1-2-3-4-7-22-10-12-23(13-11-22)8-5-6-9-24-14-16-25(17-15-24)26-18-20-27(21-19-26)28(29,30)31/h5,8,18-25H,2-4,7,10-17H2,1H3/t22-,23-,24-,25-. The highest BCUT2D eigenvalue weighted by Gasteiger charge is 2.30. The molecule has 3 heteroatoms. The van der Waals surface area contributed by atoms with Gasteiger partial charge in [-0.25, -0.2) is 0 Å². The molecule has 0 atom stereocenters. The monoisotopic (exact) mass is 430 g/mol. The van der Waals surface area contributed by atoms with E-state index >= 15 is 0 Å². The molecule has 0 saturated heterocycles. The third kappa shape index (κ3) is 7.74. The maximum Gasteiger partial charge on any atom is 0.416 e. The topological polar surface area (TPSA) is 0 Å². The Bertz CT molecular complexity index is 731. The fourth-order valence-electron chi connectivity index (χ4n) is 5.22. The smallest absolute Gasteiger partial charge is 0.166 e. The van der Waals surface area contributed by atoms with E-state index in [4.69, 9.17) is 0 Å². The van der Waals surface area contributed by atoms with Crippen molar-refractivity contribution in [3.8, 4) is 11.8 Å². The van der Waals surface area contributed by atoms with Crippen LogP contribution in [0.1, 0.15) is 101 Å². The highest BCUT2D eigenvalue weighted by atomic mass is 19.4. The van der Waals surface area contributed by atoms with Crippen molar-refractivity contribution in [3.05, 3.63) is 47.5 Å². The van der Waals surface area contributed by atoms with E-state index in [0.29, 0.717) is 17.8 Å². The van der Waals surface area contributed by atoms with Gasteiger partial charge in [0.15, 0.2) is 0 Å². The Labute approximate surface area is 186 Å². The summed E-state index contributed by atoms with van der Waals surface area (Å²) in [5.74, 6) is 9.13. The van der Waals surface area contributed by atoms with Gasteiger partial charge in [-0.2, -0.15) is 13.2 Å². The zero-order valence-electron chi connectivity index (χ0n) is 18.9. The van der Waals surface area contributed by atoms with Crippen LogP contribution in [-0.2, 0) is 6.18 Å². The van der Waals surface area contributed by atoms with Crippen molar-refractivity contribution in [2.24, 2.45) is 17.8 Å². The lowest BCUT2D eigenvalue weighted by Gasteiger charge is -2.26. The zero-order chi connectivity index (χ0) is 22.1. The van der Waals surface area contributed by atoms with E-state index in [1.165, 1.54) is 63.5 Å². The molecular weight excluding hydrogens is 393 g/mol. The van der Waals surface area contributed by atoms with E-state index < -0.39 is 11.7 Å². The van der Waals surface area contributed by atoms with Gasteiger partial charge in [0.1, 0.15) is 0 Å². The van der Waals surface area contributed by atoms with Gasteiger partial charge in [-0.3, -0.25) is 0 Å². The molecule has 0 aliphatic heterocycles. The summed E-state index contributed by atoms with van der Waals surface area (Å²) in [6, 6.07) is 5.73. The third-order valence-electron chi connectivity index (χ3n) is 7.28. The summed E-state index contributed by atoms with van der Waals surface area (Å²) in [6.45, 7) is 2.27. The molecule has 0 amide bonds. The van der Waals surface area contributed by atoms with E-state index in [9.17, 15) is 13.2 Å². The molecule has 170 valence electrons. The zero-order valence-corrected chi connectivity index (χ0v) is 18.9. The number of halogens is 3. The van der Waals surface area contributed by atoms with Gasteiger partial charge in [-0.05, 0) is 92.9 Å². The predicted molar refractivity (Wildman–Crippen MR) is 123 cm³/mol. The van der Waals surface area contributed by atoms with Gasteiger partial charge in [-0.1, -0.05) is 62.7 Å². The number of alkyl halides is 3. The Hall–Kier alpha value is -1.69. The Morgan fingerprint density at radius 1 is 0.903 bits per heavy atom. The van der Waals surface area contributed by atoms with E-state index in [2.05, 4.69) is 30.9 Å². The lowest BCUT2D eigenvalue weighted by atomic mass is 9.78. The highest BCUT2D eigenvalue weighted by Crippen LogP contribution is 2.37. The van der Waals surface area contributed by atoms with Crippen LogP contribution >= 0.6 is 0 Å². The molecule has 0 unspecified atom stereocenters. The second-order valence-corrected chi connectivity index (χ2v) is 9.59. The maximum absolute atomic E-state index is 12.7. The summed E-state index contributed by atoms with van der Waals surface area (Å²) in [4.78, 5) is 0. The van der Waals surface area contributed by atoms with Crippen molar-refractivity contribution in [1.29, 1.82) is 0 Å². The van der Waals surface area contributed by atoms with Gasteiger partial charge in [0.25, 0.3) is 0 Å². The van der Waals surface area contributed by atoms with Crippen LogP contribution in [0.5, 0.6) is 0 Å². The average molecular weight is 431 g/mol. The Morgan fingerprint density at radius 3 is 2.19 bits per heavy atom. The molecule has 3 rings (SSSR count). The van der Waals surface area contributed by atoms with Crippen molar-refractivity contribution in [1.82, 2.24) is 0 Å². The van der Waals surface area contributed by atoms with Crippen molar-refractivity contribution < 1.29 is 13.2 Å². The minimum absolute atomic E-state index is 0.364. The molecule has 2 aliphatic rings. The molecule has 0 bridgehead atoms. The largest absolute Gasteiger partial charge is 0.416 e. The SMILES string of the molecule is CCCCC[C@H]1CC[C@H](C=CC#C[C@H]2CC[C@H](c3ccc(C(F)(F)F)cc3)CC2)CC1. The number of rotatable bonds is 6. The quantitative estimate of drug-likeness (QED) is 0.312. The maximum atomic E-state index is 12.7. The van der Waals surface area contributed by atoms with E-state index in [0.717, 1.165) is 37.2 Å². The van der Waals surface area contributed by atoms with E-state index in [1.807, 2.05) is 0 Å². The fourth-order valence-corrected chi connectivity index (χ4v) is 5.22. The normalized spacial score (nSPS) is 27.1. The lowest BCUT2D eigenvalue weighted by molar-refractivity contribution is -0.137. The predicted octanol–water partition coefficient (Wildman–Crippen LogP) is 8.93. The second kappa shape index (κ2) is 11.8. The molecule has 2 saturated carbocycles. The molecular formula is C28H37F3. The number of benzene rings is 1. The summed E-state index contributed by atoms with van der Waals surface area (Å²) >= 11 is 0. The highest BCUT2D eigenvalue weighted by molar-refractivity contribution is 5.28. The van der Waals surface area contributed by atoms with Crippen molar-refractivity contribution in [2.45, 2.75) is 96.1 Å². The summed E-state index contributed by atoms with van der Waals surface area (Å²) in [6.07, 6.45) is 15.1. The van der Waals surface area contributed by atoms with Gasteiger partial charge in [-0.15, -0.1) is 0 Å². The van der Waals surface area contributed by atoms with Crippen LogP contribution in [0.4, 0.5) is 13.2 Å². The molecule has 0 heterocycles. The van der Waals surface area contributed by atoms with Crippen LogP contribution < -0.4 is 0 Å². The molecule has 1 aromatic rings. The summed E-state index contributed by atoms with van der Waals surface area (Å²) in [5, 5.41) is 0. The summed E-state index contributed by atoms with van der Waals surface area (Å²) in [5.41, 5.74) is 0.470. The van der Waals surface area contributed by atoms with Crippen LogP contribution in [0, 0.1) is 29.6 Å². The molecule has 31 heavy (non-hydrogen) atoms. The van der Waals surface area contributed by atoms with Gasteiger partial charge in [0.2, 0.25) is 0 Å². The molecule has 2 fully saturated rings. The Morgan fingerprint density at radius 2 is 1.58 bits per heavy atom. The average Bonchev–Trinajstić information content (AvgIpc) is 2.78. The van der Waals surface area contributed by atoms with Crippen LogP contribution in [0.15, 0.2) is 36.4 Å². The van der Waals surface area contributed by atoms with E-state index in [-0.39, 0.29) is 0 Å². The summed E-state index contributed by atoms with van der Waals surface area (Å²) < 4.78 is 38.2. The van der Waals surface area contributed by atoms with Crippen molar-refractivity contribution in [2.75, 3.05) is 0 Å². The first-order chi connectivity index (χ1) is 15.0. The van der Waals surface area contributed by atoms with Gasteiger partial charge < -0.3 is 0 Å². The minimum atomic E-state index is -4.26. The second-order valence-electron chi connectivity index (χ2n) is 9.59. The van der Waals surface area contributed by atoms with Crippen LogP contribution in [-0.4, -0.2) is 0 Å². The lowest BCUT2D eigenvalue weighted by Crippen LogP contribution is -2.13. The van der Waals surface area contributed by atoms with Crippen molar-refractivity contribution in [3.63, 3.8) is 0 Å². The third-order valence-corrected chi connectivity index (χ3v) is 7.28. The number of unbranched alkanes of at least 4 members (excludes halogenated alkanes) is 2. The Kier molecular flexibility index (Phi) is 9.12. The number of hydrogen-bond acceptors (Lipinski definition) is 0. The first-order valence-electron chi connectivity index (χ1n) is 12.3. The number of allylic oxidation sites excluding steroid dienone is 2. The van der Waals surface area contributed by atoms with Crippen LogP contribution in [0.25, 0.3) is 0 Å². The first kappa shape index (κ1) is 24.0. The van der Waals surface area contributed by atoms with Crippen molar-refractivity contribution >= 4 is 0 Å². The molecule has 0 nitrogen and oxygen atoms in total. The molecule has 1 aromatic carbocycles. The Balaban J connectivity index is 1.37. The minimum Gasteiger partial charge on any atom is -0.166 e. The van der Waals surface area contributed by atoms with Gasteiger partial charge in [0.05, 0.1) is 5.56 Å². The number of hydrogen-bond donors (Lipinski definition) is 0. The van der Waals surface area contributed by atoms with Crippen LogP contribution in [0.2, 0.25) is 0 Å². The molecule has 2 aliphatic carbocycles. The van der Waals surface area contributed by atoms with Crippen LogP contribution in [0.3, 0.4) is 0 Å². The molecule has 0 aromatic heterocycles. The van der Waals surface area contributed by atoms with Gasteiger partial charge in [0, 0.05) is 5.92 Å².